The number of anilines is 1. The Morgan fingerprint density at radius 2 is 1.90 bits per heavy atom. The summed E-state index contributed by atoms with van der Waals surface area (Å²) in [6, 6.07) is 1.21. The molecule has 4 rings (SSSR count). The summed E-state index contributed by atoms with van der Waals surface area (Å²) in [6.45, 7) is 4.99. The number of carbonyl (C=O) groups is 3. The van der Waals surface area contributed by atoms with Crippen molar-refractivity contribution in [1.82, 2.24) is 25.1 Å². The van der Waals surface area contributed by atoms with Gasteiger partial charge in [0, 0.05) is 62.2 Å². The van der Waals surface area contributed by atoms with Crippen molar-refractivity contribution >= 4 is 41.8 Å². The predicted molar refractivity (Wildman–Crippen MR) is 119 cm³/mol. The smallest absolute Gasteiger partial charge is 0.225 e. The molecular weight excluding hydrogens is 416 g/mol. The van der Waals surface area contributed by atoms with Crippen molar-refractivity contribution < 1.29 is 14.4 Å². The summed E-state index contributed by atoms with van der Waals surface area (Å²) < 4.78 is 0. The number of aromatic nitrogens is 2. The van der Waals surface area contributed by atoms with Gasteiger partial charge in [-0.25, -0.2) is 9.97 Å². The monoisotopic (exact) mass is 444 g/mol. The Morgan fingerprint density at radius 1 is 1.16 bits per heavy atom. The van der Waals surface area contributed by atoms with Gasteiger partial charge >= 0.3 is 0 Å². The fourth-order valence-electron chi connectivity index (χ4n) is 4.18. The quantitative estimate of drug-likeness (QED) is 0.506. The number of piperidine rings is 1. The number of amides is 1. The summed E-state index contributed by atoms with van der Waals surface area (Å²) in [6.07, 6.45) is 5.51. The second kappa shape index (κ2) is 9.88. The molecule has 1 atom stereocenters. The maximum Gasteiger partial charge on any atom is 0.225 e. The third kappa shape index (κ3) is 5.13. The number of thioether (sulfide) groups is 1. The minimum atomic E-state index is -0.586. The summed E-state index contributed by atoms with van der Waals surface area (Å²) in [4.78, 5) is 51.7. The van der Waals surface area contributed by atoms with E-state index in [0.717, 1.165) is 57.0 Å². The maximum absolute atomic E-state index is 12.9. The molecule has 0 aromatic carbocycles. The first-order valence-electron chi connectivity index (χ1n) is 10.7. The predicted octanol–water partition coefficient (Wildman–Crippen LogP) is 0.238. The molecule has 0 aliphatic carbocycles. The highest BCUT2D eigenvalue weighted by molar-refractivity contribution is 8.03. The average Bonchev–Trinajstić information content (AvgIpc) is 3.27. The van der Waals surface area contributed by atoms with E-state index in [-0.39, 0.29) is 11.8 Å². The number of Topliss-reactive ketones (excluding diaryl/α,β-unsaturated/α-hetero) is 1. The summed E-state index contributed by atoms with van der Waals surface area (Å²) >= 11 is 1.50. The minimum Gasteiger partial charge on any atom is -0.341 e. The molecule has 10 heteroatoms. The maximum atomic E-state index is 12.9. The number of nitrogens with one attached hydrogen (secondary N) is 1. The summed E-state index contributed by atoms with van der Waals surface area (Å²) in [5, 5.41) is 3.02. The summed E-state index contributed by atoms with van der Waals surface area (Å²) in [7, 11) is 2.09. The molecule has 3 saturated heterocycles. The lowest BCUT2D eigenvalue weighted by Crippen LogP contribution is -2.50. The van der Waals surface area contributed by atoms with E-state index < -0.39 is 11.8 Å². The van der Waals surface area contributed by atoms with Crippen molar-refractivity contribution in [2.45, 2.75) is 18.9 Å². The Hall–Kier alpha value is -2.30. The molecule has 0 saturated carbocycles. The molecule has 3 aliphatic rings. The van der Waals surface area contributed by atoms with Gasteiger partial charge in [0.2, 0.25) is 17.6 Å². The van der Waals surface area contributed by atoms with Crippen molar-refractivity contribution in [3.8, 4) is 0 Å². The van der Waals surface area contributed by atoms with Gasteiger partial charge < -0.3 is 14.7 Å². The van der Waals surface area contributed by atoms with Gasteiger partial charge in [-0.15, -0.1) is 11.8 Å². The third-order valence-corrected chi connectivity index (χ3v) is 7.11. The lowest BCUT2D eigenvalue weighted by molar-refractivity contribution is -0.137. The van der Waals surface area contributed by atoms with Crippen LogP contribution in [-0.4, -0.2) is 96.0 Å². The van der Waals surface area contributed by atoms with Gasteiger partial charge in [0.15, 0.2) is 6.29 Å². The highest BCUT2D eigenvalue weighted by Crippen LogP contribution is 2.28. The van der Waals surface area contributed by atoms with Crippen LogP contribution in [0.15, 0.2) is 17.2 Å². The van der Waals surface area contributed by atoms with Crippen molar-refractivity contribution in [2.75, 3.05) is 57.1 Å². The Balaban J connectivity index is 1.37. The van der Waals surface area contributed by atoms with E-state index in [2.05, 4.69) is 32.1 Å². The van der Waals surface area contributed by atoms with Gasteiger partial charge in [-0.2, -0.15) is 0 Å². The highest BCUT2D eigenvalue weighted by Gasteiger charge is 2.31. The molecule has 1 aromatic heterocycles. The van der Waals surface area contributed by atoms with Crippen molar-refractivity contribution in [2.24, 2.45) is 5.92 Å². The molecule has 4 heterocycles. The van der Waals surface area contributed by atoms with Gasteiger partial charge in [0.05, 0.1) is 5.69 Å². The average molecular weight is 445 g/mol. The van der Waals surface area contributed by atoms with E-state index in [9.17, 15) is 14.4 Å². The van der Waals surface area contributed by atoms with E-state index >= 15 is 0 Å². The molecule has 1 amide bonds. The fraction of sp³-hybridized carbons (Fsp3) is 0.571. The third-order valence-electron chi connectivity index (χ3n) is 6.11. The van der Waals surface area contributed by atoms with Crippen molar-refractivity contribution in [3.05, 3.63) is 22.9 Å². The minimum absolute atomic E-state index is 0.0704. The number of rotatable bonds is 5. The zero-order chi connectivity index (χ0) is 21.8. The normalized spacial score (nSPS) is 24.5. The lowest BCUT2D eigenvalue weighted by atomic mass is 9.95. The van der Waals surface area contributed by atoms with Crippen LogP contribution in [0.5, 0.6) is 0 Å². The molecule has 3 fully saturated rings. The summed E-state index contributed by atoms with van der Waals surface area (Å²) in [5.41, 5.74) is 0.704. The molecule has 9 nitrogen and oxygen atoms in total. The van der Waals surface area contributed by atoms with Crippen LogP contribution in [0.3, 0.4) is 0 Å². The van der Waals surface area contributed by atoms with Crippen molar-refractivity contribution in [1.29, 1.82) is 0 Å². The van der Waals surface area contributed by atoms with Gasteiger partial charge in [0.1, 0.15) is 6.04 Å². The number of ketones is 1. The molecule has 0 spiro atoms. The van der Waals surface area contributed by atoms with Gasteiger partial charge in [0.25, 0.3) is 0 Å². The molecule has 31 heavy (non-hydrogen) atoms. The first-order valence-corrected chi connectivity index (χ1v) is 11.7. The van der Waals surface area contributed by atoms with Crippen LogP contribution in [0.4, 0.5) is 5.95 Å². The molecule has 3 aliphatic heterocycles. The van der Waals surface area contributed by atoms with Crippen LogP contribution in [0.25, 0.3) is 6.08 Å². The molecule has 0 bridgehead atoms. The zero-order valence-corrected chi connectivity index (χ0v) is 18.5. The molecule has 1 N–H and O–H groups in total. The topological polar surface area (TPSA) is 98.7 Å². The number of aldehydes is 1. The van der Waals surface area contributed by atoms with E-state index in [0.29, 0.717) is 23.8 Å². The first kappa shape index (κ1) is 21.9. The summed E-state index contributed by atoms with van der Waals surface area (Å²) in [5.74, 6) is 1.10. The molecule has 1 unspecified atom stereocenters. The van der Waals surface area contributed by atoms with E-state index in [1.807, 2.05) is 11.0 Å². The number of likely N-dealkylation sites (N-methyl/N-ethyl adjacent to an activating group) is 1. The van der Waals surface area contributed by atoms with Crippen LogP contribution in [0.2, 0.25) is 0 Å². The molecule has 0 radical (unpaired) electrons. The first-order chi connectivity index (χ1) is 15.0. The fourth-order valence-corrected chi connectivity index (χ4v) is 5.16. The highest BCUT2D eigenvalue weighted by atomic mass is 32.2. The van der Waals surface area contributed by atoms with Gasteiger partial charge in [-0.3, -0.25) is 19.7 Å². The Morgan fingerprint density at radius 3 is 2.61 bits per heavy atom. The van der Waals surface area contributed by atoms with Crippen LogP contribution < -0.4 is 10.2 Å². The number of hydrogen-bond acceptors (Lipinski definition) is 9. The van der Waals surface area contributed by atoms with E-state index in [1.165, 1.54) is 11.8 Å². The van der Waals surface area contributed by atoms with Crippen LogP contribution in [0.1, 0.15) is 18.5 Å². The number of piperazine rings is 1. The molecule has 166 valence electrons. The van der Waals surface area contributed by atoms with Crippen molar-refractivity contribution in [3.63, 3.8) is 0 Å². The van der Waals surface area contributed by atoms with Gasteiger partial charge in [-0.1, -0.05) is 0 Å². The lowest BCUT2D eigenvalue weighted by Gasteiger charge is -2.37. The van der Waals surface area contributed by atoms with Crippen LogP contribution >= 0.6 is 11.8 Å². The number of hydrogen-bond donors (Lipinski definition) is 1. The van der Waals surface area contributed by atoms with E-state index in [1.54, 1.807) is 12.3 Å². The van der Waals surface area contributed by atoms with E-state index in [4.69, 9.17) is 0 Å². The molecular formula is C21H28N6O3S. The number of carbonyl (C=O) groups excluding carboxylic acids is 3. The second-order valence-corrected chi connectivity index (χ2v) is 9.21. The Bertz CT molecular complexity index is 862. The van der Waals surface area contributed by atoms with Gasteiger partial charge in [-0.05, 0) is 32.0 Å². The van der Waals surface area contributed by atoms with Crippen LogP contribution in [0, 0.1) is 5.92 Å². The standard InChI is InChI=1S/C21H28N6O3S/c1-25-8-10-26(11-9-25)20(30)15-3-6-27(7-4-15)21-22-5-2-16(24-21)12-18-19(17(29)13-28)23-14-31-18/h2,5,12-13,15,19,23H,3-4,6-11,14H2,1H3/b18-12-. The zero-order valence-electron chi connectivity index (χ0n) is 17.7. The number of nitrogens with zero attached hydrogens (tertiary/aromatic N) is 5. The van der Waals surface area contributed by atoms with Crippen LogP contribution in [-0.2, 0) is 14.4 Å². The Labute approximate surface area is 186 Å². The largest absolute Gasteiger partial charge is 0.341 e. The second-order valence-electron chi connectivity index (χ2n) is 8.16. The molecule has 1 aromatic rings. The Kier molecular flexibility index (Phi) is 6.99. The SMILES string of the molecule is CN1CCN(C(=O)C2CCN(c3nccc(/C=C4\SCNC4C(=O)C=O)n3)CC2)CC1.